The van der Waals surface area contributed by atoms with Gasteiger partial charge in [-0.25, -0.2) is 4.68 Å². The minimum Gasteiger partial charge on any atom is -0.242 e. The van der Waals surface area contributed by atoms with E-state index in [0.29, 0.717) is 4.77 Å². The van der Waals surface area contributed by atoms with Crippen LogP contribution in [0.15, 0.2) is 0 Å². The van der Waals surface area contributed by atoms with E-state index in [4.69, 9.17) is 12.2 Å². The van der Waals surface area contributed by atoms with Crippen LogP contribution in [0.1, 0.15) is 27.2 Å². The Morgan fingerprint density at radius 1 is 1.58 bits per heavy atom. The Labute approximate surface area is 77.0 Å². The van der Waals surface area contributed by atoms with Crippen molar-refractivity contribution < 1.29 is 0 Å². The van der Waals surface area contributed by atoms with Crippen LogP contribution >= 0.6 is 12.2 Å². The van der Waals surface area contributed by atoms with Gasteiger partial charge in [-0.2, -0.15) is 5.21 Å². The monoisotopic (exact) mass is 186 g/mol. The average molecular weight is 186 g/mol. The molecule has 0 aliphatic heterocycles. The van der Waals surface area contributed by atoms with Crippen molar-refractivity contribution in [2.45, 2.75) is 33.7 Å². The summed E-state index contributed by atoms with van der Waals surface area (Å²) in [6.07, 6.45) is 1.10. The van der Waals surface area contributed by atoms with E-state index in [9.17, 15) is 0 Å². The third-order valence-electron chi connectivity index (χ3n) is 2.08. The summed E-state index contributed by atoms with van der Waals surface area (Å²) in [7, 11) is 0. The second-order valence-electron chi connectivity index (χ2n) is 3.69. The minimum atomic E-state index is 0.243. The molecule has 0 unspecified atom stereocenters. The molecule has 0 amide bonds. The summed E-state index contributed by atoms with van der Waals surface area (Å²) in [5.41, 5.74) is 0.243. The number of hydrogen-bond acceptors (Lipinski definition) is 3. The van der Waals surface area contributed by atoms with Crippen molar-refractivity contribution in [2.24, 2.45) is 5.41 Å². The van der Waals surface area contributed by atoms with Crippen molar-refractivity contribution in [3.63, 3.8) is 0 Å². The summed E-state index contributed by atoms with van der Waals surface area (Å²) >= 11 is 4.96. The third-order valence-corrected chi connectivity index (χ3v) is 2.38. The lowest BCUT2D eigenvalue weighted by atomic mass is 9.90. The van der Waals surface area contributed by atoms with Crippen molar-refractivity contribution in [3.8, 4) is 0 Å². The van der Waals surface area contributed by atoms with Crippen LogP contribution in [0, 0.1) is 10.2 Å². The molecule has 0 aromatic carbocycles. The molecule has 68 valence electrons. The van der Waals surface area contributed by atoms with E-state index in [1.165, 1.54) is 0 Å². The van der Waals surface area contributed by atoms with Crippen LogP contribution < -0.4 is 0 Å². The number of hydrogen-bond donors (Lipinski definition) is 1. The molecule has 1 N–H and O–H groups in total. The highest BCUT2D eigenvalue weighted by Crippen LogP contribution is 2.21. The fourth-order valence-electron chi connectivity index (χ4n) is 0.859. The van der Waals surface area contributed by atoms with Crippen LogP contribution in [-0.2, 0) is 6.54 Å². The molecule has 0 bridgehead atoms. The van der Waals surface area contributed by atoms with Crippen LogP contribution in [0.5, 0.6) is 0 Å². The number of aromatic amines is 1. The third kappa shape index (κ3) is 2.14. The first-order valence-electron chi connectivity index (χ1n) is 4.03. The Balaban J connectivity index is 2.77. The summed E-state index contributed by atoms with van der Waals surface area (Å²) in [6.45, 7) is 7.38. The fourth-order valence-corrected chi connectivity index (χ4v) is 1.00. The molecule has 1 rings (SSSR count). The Morgan fingerprint density at radius 2 is 2.25 bits per heavy atom. The molecule has 12 heavy (non-hydrogen) atoms. The molecule has 0 aliphatic carbocycles. The molecular formula is C7H14N4S. The molecule has 1 heterocycles. The van der Waals surface area contributed by atoms with Crippen LogP contribution in [0.25, 0.3) is 0 Å². The van der Waals surface area contributed by atoms with Crippen LogP contribution in [0.4, 0.5) is 0 Å². The average Bonchev–Trinajstić information content (AvgIpc) is 2.36. The van der Waals surface area contributed by atoms with E-state index in [2.05, 4.69) is 36.3 Å². The number of aromatic nitrogens is 4. The van der Waals surface area contributed by atoms with Crippen molar-refractivity contribution in [1.29, 1.82) is 0 Å². The van der Waals surface area contributed by atoms with Crippen LogP contribution in [-0.4, -0.2) is 20.2 Å². The smallest absolute Gasteiger partial charge is 0.238 e. The molecule has 0 spiro atoms. The SMILES string of the molecule is CCC(C)(C)Cn1[nH]nnc1=S. The normalized spacial score (nSPS) is 11.9. The highest BCUT2D eigenvalue weighted by atomic mass is 32.1. The van der Waals surface area contributed by atoms with Gasteiger partial charge in [0.25, 0.3) is 0 Å². The van der Waals surface area contributed by atoms with E-state index < -0.39 is 0 Å². The summed E-state index contributed by atoms with van der Waals surface area (Å²) in [5.74, 6) is 0. The first-order chi connectivity index (χ1) is 5.55. The van der Waals surface area contributed by atoms with E-state index in [0.717, 1.165) is 13.0 Å². The van der Waals surface area contributed by atoms with E-state index in [-0.39, 0.29) is 5.41 Å². The van der Waals surface area contributed by atoms with Crippen molar-refractivity contribution in [1.82, 2.24) is 20.2 Å². The summed E-state index contributed by atoms with van der Waals surface area (Å²) in [5, 5.41) is 10.1. The van der Waals surface area contributed by atoms with E-state index >= 15 is 0 Å². The van der Waals surface area contributed by atoms with Gasteiger partial charge in [0.1, 0.15) is 0 Å². The number of tetrazole rings is 1. The molecule has 0 radical (unpaired) electrons. The molecule has 0 aliphatic rings. The zero-order valence-corrected chi connectivity index (χ0v) is 8.48. The molecule has 4 nitrogen and oxygen atoms in total. The van der Waals surface area contributed by atoms with Gasteiger partial charge < -0.3 is 0 Å². The lowest BCUT2D eigenvalue weighted by Crippen LogP contribution is -2.19. The number of rotatable bonds is 3. The highest BCUT2D eigenvalue weighted by Gasteiger charge is 2.16. The van der Waals surface area contributed by atoms with Gasteiger partial charge in [0.05, 0.1) is 0 Å². The molecule has 0 saturated carbocycles. The quantitative estimate of drug-likeness (QED) is 0.732. The molecule has 0 saturated heterocycles. The van der Waals surface area contributed by atoms with Gasteiger partial charge in [-0.3, -0.25) is 0 Å². The van der Waals surface area contributed by atoms with Crippen molar-refractivity contribution in [3.05, 3.63) is 4.77 Å². The van der Waals surface area contributed by atoms with Crippen LogP contribution in [0.2, 0.25) is 0 Å². The zero-order valence-electron chi connectivity index (χ0n) is 7.66. The maximum atomic E-state index is 4.96. The molecule has 1 aromatic rings. The van der Waals surface area contributed by atoms with Gasteiger partial charge in [0.2, 0.25) is 4.77 Å². The molecular weight excluding hydrogens is 172 g/mol. The fraction of sp³-hybridized carbons (Fsp3) is 0.857. The van der Waals surface area contributed by atoms with Gasteiger partial charge >= 0.3 is 0 Å². The number of nitrogens with one attached hydrogen (secondary N) is 1. The summed E-state index contributed by atoms with van der Waals surface area (Å²) in [6, 6.07) is 0. The van der Waals surface area contributed by atoms with Gasteiger partial charge in [-0.05, 0) is 24.1 Å². The highest BCUT2D eigenvalue weighted by molar-refractivity contribution is 7.71. The summed E-state index contributed by atoms with van der Waals surface area (Å²) < 4.78 is 2.32. The Morgan fingerprint density at radius 3 is 2.67 bits per heavy atom. The Bertz CT molecular complexity index is 298. The number of H-pyrrole nitrogens is 1. The molecule has 0 fully saturated rings. The van der Waals surface area contributed by atoms with Crippen molar-refractivity contribution in [2.75, 3.05) is 0 Å². The van der Waals surface area contributed by atoms with Gasteiger partial charge in [-0.15, -0.1) is 0 Å². The van der Waals surface area contributed by atoms with Crippen LogP contribution in [0.3, 0.4) is 0 Å². The maximum Gasteiger partial charge on any atom is 0.238 e. The lowest BCUT2D eigenvalue weighted by molar-refractivity contribution is 0.276. The zero-order chi connectivity index (χ0) is 9.19. The Hall–Kier alpha value is -0.710. The number of nitrogens with zero attached hydrogens (tertiary/aromatic N) is 3. The predicted octanol–water partition coefficient (Wildman–Crippen LogP) is 1.77. The topological polar surface area (TPSA) is 46.5 Å². The van der Waals surface area contributed by atoms with Crippen molar-refractivity contribution >= 4 is 12.2 Å². The largest absolute Gasteiger partial charge is 0.242 e. The Kier molecular flexibility index (Phi) is 2.62. The van der Waals surface area contributed by atoms with Gasteiger partial charge in [0, 0.05) is 6.54 Å². The standard InChI is InChI=1S/C7H14N4S/c1-4-7(2,3)5-11-6(12)8-9-10-11/h4-5H2,1-3H3,(H,8,10,12). The molecule has 0 atom stereocenters. The predicted molar refractivity (Wildman–Crippen MR) is 49.3 cm³/mol. The summed E-state index contributed by atoms with van der Waals surface area (Å²) in [4.78, 5) is 0. The van der Waals surface area contributed by atoms with Gasteiger partial charge in [-0.1, -0.05) is 31.1 Å². The van der Waals surface area contributed by atoms with E-state index in [1.807, 2.05) is 0 Å². The van der Waals surface area contributed by atoms with Gasteiger partial charge in [0.15, 0.2) is 0 Å². The lowest BCUT2D eigenvalue weighted by Gasteiger charge is -2.21. The second kappa shape index (κ2) is 3.35. The first-order valence-corrected chi connectivity index (χ1v) is 4.44. The van der Waals surface area contributed by atoms with E-state index in [1.54, 1.807) is 4.68 Å². The maximum absolute atomic E-state index is 4.96. The molecule has 1 aromatic heterocycles. The second-order valence-corrected chi connectivity index (χ2v) is 4.05. The molecule has 5 heteroatoms. The first kappa shape index (κ1) is 9.38. The minimum absolute atomic E-state index is 0.243.